The summed E-state index contributed by atoms with van der Waals surface area (Å²) < 4.78 is 5.21. The second-order valence-corrected chi connectivity index (χ2v) is 8.90. The zero-order valence-corrected chi connectivity index (χ0v) is 18.4. The zero-order chi connectivity index (χ0) is 21.8. The molecule has 1 aromatic rings. The van der Waals surface area contributed by atoms with Crippen LogP contribution in [0.15, 0.2) is 18.2 Å². The van der Waals surface area contributed by atoms with E-state index in [2.05, 4.69) is 5.32 Å². The molecule has 1 heterocycles. The molecule has 0 spiro atoms. The van der Waals surface area contributed by atoms with Gasteiger partial charge >= 0.3 is 5.97 Å². The number of hydrogen-bond donors (Lipinski definition) is 1. The number of anilines is 1. The molecule has 2 fully saturated rings. The van der Waals surface area contributed by atoms with Gasteiger partial charge in [-0.15, -0.1) is 0 Å². The van der Waals surface area contributed by atoms with Crippen LogP contribution >= 0.6 is 11.8 Å². The highest BCUT2D eigenvalue weighted by Crippen LogP contribution is 2.39. The molecule has 7 nitrogen and oxygen atoms in total. The molecule has 1 aliphatic carbocycles. The number of nitrogens with one attached hydrogen (secondary N) is 1. The van der Waals surface area contributed by atoms with Gasteiger partial charge in [-0.25, -0.2) is 4.79 Å². The van der Waals surface area contributed by atoms with E-state index in [1.165, 1.54) is 11.8 Å². The van der Waals surface area contributed by atoms with Crippen molar-refractivity contribution in [2.45, 2.75) is 45.6 Å². The van der Waals surface area contributed by atoms with E-state index < -0.39 is 24.5 Å². The van der Waals surface area contributed by atoms with Crippen molar-refractivity contribution in [2.75, 3.05) is 23.9 Å². The Balaban J connectivity index is 1.63. The fourth-order valence-electron chi connectivity index (χ4n) is 4.27. The van der Waals surface area contributed by atoms with Crippen molar-refractivity contribution in [1.82, 2.24) is 4.90 Å². The van der Waals surface area contributed by atoms with Gasteiger partial charge in [-0.05, 0) is 44.6 Å². The van der Waals surface area contributed by atoms with E-state index >= 15 is 0 Å². The number of benzene rings is 1. The number of carbonyl (C=O) groups excluding carboxylic acids is 4. The second kappa shape index (κ2) is 9.64. The third-order valence-electron chi connectivity index (χ3n) is 5.79. The first-order valence-corrected chi connectivity index (χ1v) is 11.6. The van der Waals surface area contributed by atoms with Crippen molar-refractivity contribution in [1.29, 1.82) is 0 Å². The number of carbonyl (C=O) groups is 4. The molecule has 30 heavy (non-hydrogen) atoms. The summed E-state index contributed by atoms with van der Waals surface area (Å²) >= 11 is 1.35. The van der Waals surface area contributed by atoms with E-state index in [-0.39, 0.29) is 29.4 Å². The van der Waals surface area contributed by atoms with Gasteiger partial charge in [-0.2, -0.15) is 11.8 Å². The van der Waals surface area contributed by atoms with Crippen LogP contribution in [0.4, 0.5) is 5.69 Å². The summed E-state index contributed by atoms with van der Waals surface area (Å²) in [7, 11) is 0. The van der Waals surface area contributed by atoms with Crippen molar-refractivity contribution in [3.05, 3.63) is 29.3 Å². The van der Waals surface area contributed by atoms with Crippen LogP contribution in [0.2, 0.25) is 0 Å². The molecule has 1 N–H and O–H groups in total. The summed E-state index contributed by atoms with van der Waals surface area (Å²) in [5, 5.41) is 2.72. The van der Waals surface area contributed by atoms with Gasteiger partial charge in [0.25, 0.3) is 5.91 Å². The highest BCUT2D eigenvalue weighted by atomic mass is 32.2. The van der Waals surface area contributed by atoms with Crippen molar-refractivity contribution in [3.63, 3.8) is 0 Å². The van der Waals surface area contributed by atoms with Crippen molar-refractivity contribution < 1.29 is 23.9 Å². The number of hydrogen-bond acceptors (Lipinski definition) is 6. The molecular formula is C22H28N2O5S. The normalized spacial score (nSPS) is 21.9. The number of aryl methyl sites for hydroxylation is 2. The van der Waals surface area contributed by atoms with Crippen LogP contribution < -0.4 is 5.32 Å². The van der Waals surface area contributed by atoms with E-state index in [1.54, 1.807) is 12.3 Å². The molecule has 0 radical (unpaired) electrons. The Bertz CT molecular complexity index is 832. The maximum atomic E-state index is 12.8. The third-order valence-corrected chi connectivity index (χ3v) is 6.43. The Morgan fingerprint density at radius 3 is 2.37 bits per heavy atom. The van der Waals surface area contributed by atoms with Crippen LogP contribution in [0.5, 0.6) is 0 Å². The van der Waals surface area contributed by atoms with Gasteiger partial charge in [0.2, 0.25) is 11.8 Å². The highest BCUT2D eigenvalue weighted by Gasteiger charge is 2.52. The summed E-state index contributed by atoms with van der Waals surface area (Å²) in [6.45, 7) is 3.37. The van der Waals surface area contributed by atoms with Crippen molar-refractivity contribution in [2.24, 2.45) is 11.8 Å². The number of esters is 1. The number of imide groups is 1. The average molecular weight is 433 g/mol. The quantitative estimate of drug-likeness (QED) is 0.526. The minimum atomic E-state index is -1.00. The van der Waals surface area contributed by atoms with Gasteiger partial charge in [-0.1, -0.05) is 30.5 Å². The van der Waals surface area contributed by atoms with Gasteiger partial charge in [0.15, 0.2) is 6.61 Å². The molecular weight excluding hydrogens is 404 g/mol. The molecule has 0 unspecified atom stereocenters. The summed E-state index contributed by atoms with van der Waals surface area (Å²) in [5.74, 6) is -2.14. The van der Waals surface area contributed by atoms with Gasteiger partial charge in [0.05, 0.1) is 11.8 Å². The van der Waals surface area contributed by atoms with E-state index in [0.717, 1.165) is 28.9 Å². The predicted octanol–water partition coefficient (Wildman–Crippen LogP) is 2.69. The molecule has 1 aromatic carbocycles. The van der Waals surface area contributed by atoms with Crippen LogP contribution in [-0.4, -0.2) is 53.2 Å². The number of ether oxygens (including phenoxy) is 1. The van der Waals surface area contributed by atoms with Crippen LogP contribution in [0, 0.1) is 25.7 Å². The van der Waals surface area contributed by atoms with Gasteiger partial charge in [-0.3, -0.25) is 19.3 Å². The lowest BCUT2D eigenvalue weighted by molar-refractivity contribution is -0.158. The lowest BCUT2D eigenvalue weighted by Gasteiger charge is -2.24. The average Bonchev–Trinajstić information content (AvgIpc) is 2.97. The molecule has 8 heteroatoms. The predicted molar refractivity (Wildman–Crippen MR) is 115 cm³/mol. The maximum absolute atomic E-state index is 12.8. The first kappa shape index (κ1) is 22.3. The SMILES string of the molecule is CSC[C@@H](C(=O)OCC(=O)Nc1ccc(C)cc1C)N1C(=O)[C@H]2CCCC[C@H]2C1=O. The minimum absolute atomic E-state index is 0.244. The molecule has 2 aliphatic rings. The monoisotopic (exact) mass is 432 g/mol. The number of amides is 3. The van der Waals surface area contributed by atoms with E-state index in [9.17, 15) is 19.2 Å². The lowest BCUT2D eigenvalue weighted by Crippen LogP contribution is -2.48. The fraction of sp³-hybridized carbons (Fsp3) is 0.545. The van der Waals surface area contributed by atoms with Crippen LogP contribution in [-0.2, 0) is 23.9 Å². The summed E-state index contributed by atoms with van der Waals surface area (Å²) in [5.41, 5.74) is 2.64. The van der Waals surface area contributed by atoms with Crippen molar-refractivity contribution in [3.8, 4) is 0 Å². The third kappa shape index (κ3) is 4.69. The first-order valence-electron chi connectivity index (χ1n) is 10.2. The molecule has 3 amide bonds. The summed E-state index contributed by atoms with van der Waals surface area (Å²) in [4.78, 5) is 51.7. The maximum Gasteiger partial charge on any atom is 0.330 e. The molecule has 3 rings (SSSR count). The zero-order valence-electron chi connectivity index (χ0n) is 17.6. The largest absolute Gasteiger partial charge is 0.454 e. The Morgan fingerprint density at radius 2 is 1.80 bits per heavy atom. The summed E-state index contributed by atoms with van der Waals surface area (Å²) in [6, 6.07) is 4.62. The van der Waals surface area contributed by atoms with Crippen LogP contribution in [0.3, 0.4) is 0 Å². The number of thioether (sulfide) groups is 1. The molecule has 0 bridgehead atoms. The number of likely N-dealkylation sites (tertiary alicyclic amines) is 1. The Hall–Kier alpha value is -2.35. The van der Waals surface area contributed by atoms with E-state index in [0.29, 0.717) is 18.5 Å². The molecule has 1 aliphatic heterocycles. The first-order chi connectivity index (χ1) is 14.3. The van der Waals surface area contributed by atoms with E-state index in [1.807, 2.05) is 26.0 Å². The van der Waals surface area contributed by atoms with Gasteiger partial charge in [0.1, 0.15) is 6.04 Å². The molecule has 0 aromatic heterocycles. The van der Waals surface area contributed by atoms with E-state index in [4.69, 9.17) is 4.74 Å². The summed E-state index contributed by atoms with van der Waals surface area (Å²) in [6.07, 6.45) is 5.01. The number of rotatable bonds is 7. The van der Waals surface area contributed by atoms with Crippen molar-refractivity contribution >= 4 is 41.1 Å². The topological polar surface area (TPSA) is 92.8 Å². The second-order valence-electron chi connectivity index (χ2n) is 7.99. The smallest absolute Gasteiger partial charge is 0.330 e. The fourth-order valence-corrected chi connectivity index (χ4v) is 4.87. The molecule has 1 saturated heterocycles. The Morgan fingerprint density at radius 1 is 1.17 bits per heavy atom. The molecule has 162 valence electrons. The molecule has 3 atom stereocenters. The van der Waals surface area contributed by atoms with Gasteiger partial charge < -0.3 is 10.1 Å². The lowest BCUT2D eigenvalue weighted by atomic mass is 9.81. The highest BCUT2D eigenvalue weighted by molar-refractivity contribution is 7.98. The standard InChI is InChI=1S/C22H28N2O5S/c1-13-8-9-17(14(2)10-13)23-19(25)11-29-22(28)18(12-30-3)24-20(26)15-6-4-5-7-16(15)21(24)27/h8-10,15-16,18H,4-7,11-12H2,1-3H3,(H,23,25)/t15-,16+,18-/m0/s1. The molecule has 1 saturated carbocycles. The number of nitrogens with zero attached hydrogens (tertiary/aromatic N) is 1. The van der Waals surface area contributed by atoms with Crippen LogP contribution in [0.25, 0.3) is 0 Å². The van der Waals surface area contributed by atoms with Gasteiger partial charge in [0, 0.05) is 11.4 Å². The Kier molecular flexibility index (Phi) is 7.18. The minimum Gasteiger partial charge on any atom is -0.454 e. The van der Waals surface area contributed by atoms with Crippen LogP contribution in [0.1, 0.15) is 36.8 Å². The Labute approximate surface area is 180 Å². The number of fused-ring (bicyclic) bond motifs is 1.